The van der Waals surface area contributed by atoms with Gasteiger partial charge in [-0.05, 0) is 29.2 Å². The molecule has 0 heterocycles. The fourth-order valence-electron chi connectivity index (χ4n) is 1.92. The van der Waals surface area contributed by atoms with Crippen molar-refractivity contribution >= 4 is 10.8 Å². The van der Waals surface area contributed by atoms with E-state index < -0.39 is 0 Å². The van der Waals surface area contributed by atoms with Gasteiger partial charge in [-0.2, -0.15) is 0 Å². The number of hydrogen-bond acceptors (Lipinski definition) is 1. The van der Waals surface area contributed by atoms with Crippen LogP contribution in [0.1, 0.15) is 25.8 Å². The number of ether oxygens (including phenoxy) is 1. The van der Waals surface area contributed by atoms with Crippen LogP contribution in [0, 0.1) is 0 Å². The molecule has 0 amide bonds. The van der Waals surface area contributed by atoms with Crippen molar-refractivity contribution in [3.05, 3.63) is 48.0 Å². The summed E-state index contributed by atoms with van der Waals surface area (Å²) in [6.07, 6.45) is 2.18. The van der Waals surface area contributed by atoms with Crippen molar-refractivity contribution in [2.75, 3.05) is 13.7 Å². The second kappa shape index (κ2) is 7.86. The molecule has 0 atom stereocenters. The molecule has 2 aromatic rings. The highest BCUT2D eigenvalue weighted by Crippen LogP contribution is 2.19. The lowest BCUT2D eigenvalue weighted by Crippen LogP contribution is -1.93. The van der Waals surface area contributed by atoms with Crippen molar-refractivity contribution in [2.24, 2.45) is 0 Å². The van der Waals surface area contributed by atoms with E-state index in [-0.39, 0.29) is 0 Å². The van der Waals surface area contributed by atoms with Crippen molar-refractivity contribution < 1.29 is 4.74 Å². The molecule has 2 rings (SSSR count). The van der Waals surface area contributed by atoms with Gasteiger partial charge < -0.3 is 4.74 Å². The van der Waals surface area contributed by atoms with E-state index in [2.05, 4.69) is 42.5 Å². The van der Waals surface area contributed by atoms with E-state index in [0.29, 0.717) is 0 Å². The van der Waals surface area contributed by atoms with Crippen LogP contribution in [0.3, 0.4) is 0 Å². The Hall–Kier alpha value is -1.34. The molecule has 0 aliphatic carbocycles. The summed E-state index contributed by atoms with van der Waals surface area (Å²) >= 11 is 0. The lowest BCUT2D eigenvalue weighted by molar-refractivity contribution is 0.195. The maximum atomic E-state index is 5.08. The van der Waals surface area contributed by atoms with Gasteiger partial charge in [0.05, 0.1) is 0 Å². The molecule has 2 aromatic carbocycles. The maximum absolute atomic E-state index is 5.08. The highest BCUT2D eigenvalue weighted by Gasteiger charge is 1.99. The molecule has 0 bridgehead atoms. The first-order valence-corrected chi connectivity index (χ1v) is 6.37. The van der Waals surface area contributed by atoms with Crippen LogP contribution in [0.2, 0.25) is 0 Å². The zero-order chi connectivity index (χ0) is 12.5. The Labute approximate surface area is 104 Å². The van der Waals surface area contributed by atoms with Gasteiger partial charge in [-0.3, -0.25) is 0 Å². The summed E-state index contributed by atoms with van der Waals surface area (Å²) in [6, 6.07) is 15.0. The number of benzene rings is 2. The predicted molar refractivity (Wildman–Crippen MR) is 75.5 cm³/mol. The normalized spacial score (nSPS) is 9.82. The standard InChI is InChI=1S/C14H16O.C2H6/c1-15-11-5-9-13-8-4-7-12-6-2-3-10-14(12)13;1-2/h2-4,6-8,10H,5,9,11H2,1H3;1-2H3. The molecule has 0 spiro atoms. The van der Waals surface area contributed by atoms with Crippen LogP contribution in [0.4, 0.5) is 0 Å². The van der Waals surface area contributed by atoms with Gasteiger partial charge in [0.25, 0.3) is 0 Å². The van der Waals surface area contributed by atoms with E-state index in [1.807, 2.05) is 13.8 Å². The predicted octanol–water partition coefficient (Wildman–Crippen LogP) is 4.45. The van der Waals surface area contributed by atoms with Crippen LogP contribution < -0.4 is 0 Å². The third kappa shape index (κ3) is 3.86. The highest BCUT2D eigenvalue weighted by atomic mass is 16.5. The fourth-order valence-corrected chi connectivity index (χ4v) is 1.92. The topological polar surface area (TPSA) is 9.23 Å². The van der Waals surface area contributed by atoms with Gasteiger partial charge in [0.2, 0.25) is 0 Å². The minimum absolute atomic E-state index is 0.837. The van der Waals surface area contributed by atoms with Gasteiger partial charge >= 0.3 is 0 Å². The second-order valence-electron chi connectivity index (χ2n) is 3.73. The minimum Gasteiger partial charge on any atom is -0.385 e. The van der Waals surface area contributed by atoms with Crippen LogP contribution >= 0.6 is 0 Å². The highest BCUT2D eigenvalue weighted by molar-refractivity contribution is 5.85. The average Bonchev–Trinajstić information content (AvgIpc) is 2.42. The van der Waals surface area contributed by atoms with Crippen molar-refractivity contribution in [3.8, 4) is 0 Å². The molecule has 0 saturated heterocycles. The molecule has 92 valence electrons. The molecule has 1 heteroatoms. The van der Waals surface area contributed by atoms with Crippen molar-refractivity contribution in [3.63, 3.8) is 0 Å². The van der Waals surface area contributed by atoms with Crippen LogP contribution in [0.15, 0.2) is 42.5 Å². The number of rotatable bonds is 4. The summed E-state index contributed by atoms with van der Waals surface area (Å²) in [5.41, 5.74) is 1.42. The fraction of sp³-hybridized carbons (Fsp3) is 0.375. The van der Waals surface area contributed by atoms with E-state index in [4.69, 9.17) is 4.74 Å². The third-order valence-electron chi connectivity index (χ3n) is 2.67. The van der Waals surface area contributed by atoms with Crippen molar-refractivity contribution in [2.45, 2.75) is 26.7 Å². The monoisotopic (exact) mass is 230 g/mol. The van der Waals surface area contributed by atoms with Crippen LogP contribution in [0.25, 0.3) is 10.8 Å². The van der Waals surface area contributed by atoms with E-state index >= 15 is 0 Å². The summed E-state index contributed by atoms with van der Waals surface area (Å²) in [5.74, 6) is 0. The summed E-state index contributed by atoms with van der Waals surface area (Å²) in [5, 5.41) is 2.70. The first-order chi connectivity index (χ1) is 8.42. The summed E-state index contributed by atoms with van der Waals surface area (Å²) in [4.78, 5) is 0. The molecule has 0 N–H and O–H groups in total. The molecule has 0 aliphatic heterocycles. The first-order valence-electron chi connectivity index (χ1n) is 6.37. The molecule has 0 radical (unpaired) electrons. The lowest BCUT2D eigenvalue weighted by Gasteiger charge is -2.05. The molecule has 0 saturated carbocycles. The smallest absolute Gasteiger partial charge is 0.0465 e. The Balaban J connectivity index is 0.000000686. The zero-order valence-corrected chi connectivity index (χ0v) is 11.1. The van der Waals surface area contributed by atoms with E-state index in [1.54, 1.807) is 7.11 Å². The summed E-state index contributed by atoms with van der Waals surface area (Å²) in [6.45, 7) is 4.84. The molecule has 1 nitrogen and oxygen atoms in total. The SMILES string of the molecule is CC.COCCCc1cccc2ccccc12. The van der Waals surface area contributed by atoms with Crippen LogP contribution in [-0.4, -0.2) is 13.7 Å². The average molecular weight is 230 g/mol. The number of methoxy groups -OCH3 is 1. The lowest BCUT2D eigenvalue weighted by atomic mass is 10.0. The Kier molecular flexibility index (Phi) is 6.34. The molecule has 0 aromatic heterocycles. The summed E-state index contributed by atoms with van der Waals surface area (Å²) in [7, 11) is 1.75. The zero-order valence-electron chi connectivity index (χ0n) is 11.1. The van der Waals surface area contributed by atoms with Gasteiger partial charge in [0.15, 0.2) is 0 Å². The van der Waals surface area contributed by atoms with E-state index in [0.717, 1.165) is 19.4 Å². The second-order valence-corrected chi connectivity index (χ2v) is 3.73. The maximum Gasteiger partial charge on any atom is 0.0465 e. The van der Waals surface area contributed by atoms with Crippen molar-refractivity contribution in [1.29, 1.82) is 0 Å². The van der Waals surface area contributed by atoms with Crippen LogP contribution in [-0.2, 0) is 11.2 Å². The van der Waals surface area contributed by atoms with Crippen molar-refractivity contribution in [1.82, 2.24) is 0 Å². The van der Waals surface area contributed by atoms with E-state index in [1.165, 1.54) is 16.3 Å². The molecule has 0 fully saturated rings. The Morgan fingerprint density at radius 3 is 2.41 bits per heavy atom. The Morgan fingerprint density at radius 2 is 1.65 bits per heavy atom. The van der Waals surface area contributed by atoms with E-state index in [9.17, 15) is 0 Å². The largest absolute Gasteiger partial charge is 0.385 e. The molecular formula is C16H22O. The quantitative estimate of drug-likeness (QED) is 0.705. The van der Waals surface area contributed by atoms with Gasteiger partial charge in [-0.1, -0.05) is 56.3 Å². The van der Waals surface area contributed by atoms with Gasteiger partial charge in [-0.25, -0.2) is 0 Å². The van der Waals surface area contributed by atoms with Gasteiger partial charge in [0.1, 0.15) is 0 Å². The molecule has 0 aliphatic rings. The number of hydrogen-bond donors (Lipinski definition) is 0. The minimum atomic E-state index is 0.837. The molecule has 17 heavy (non-hydrogen) atoms. The molecular weight excluding hydrogens is 208 g/mol. The number of aryl methyl sites for hydroxylation is 1. The summed E-state index contributed by atoms with van der Waals surface area (Å²) < 4.78 is 5.08. The Bertz CT molecular complexity index is 429. The first kappa shape index (κ1) is 13.7. The van der Waals surface area contributed by atoms with Crippen LogP contribution in [0.5, 0.6) is 0 Å². The van der Waals surface area contributed by atoms with Gasteiger partial charge in [0, 0.05) is 13.7 Å². The third-order valence-corrected chi connectivity index (χ3v) is 2.67. The Morgan fingerprint density at radius 1 is 0.941 bits per heavy atom. The van der Waals surface area contributed by atoms with Gasteiger partial charge in [-0.15, -0.1) is 0 Å². The molecule has 0 unspecified atom stereocenters. The number of fused-ring (bicyclic) bond motifs is 1.